The number of para-hydroxylation sites is 4. The third-order valence-corrected chi connectivity index (χ3v) is 9.12. The molecule has 9 aromatic rings. The van der Waals surface area contributed by atoms with Gasteiger partial charge in [0.15, 0.2) is 0 Å². The largest absolute Gasteiger partial charge is 0.309 e. The van der Waals surface area contributed by atoms with Crippen molar-refractivity contribution in [2.75, 3.05) is 0 Å². The molecule has 0 saturated carbocycles. The lowest BCUT2D eigenvalue weighted by atomic mass is 9.93. The van der Waals surface area contributed by atoms with E-state index in [4.69, 9.17) is 0 Å². The number of aromatic nitrogens is 2. The Morgan fingerprint density at radius 3 is 1.24 bits per heavy atom. The van der Waals surface area contributed by atoms with Gasteiger partial charge >= 0.3 is 0 Å². The van der Waals surface area contributed by atoms with Crippen LogP contribution in [0.1, 0.15) is 5.56 Å². The van der Waals surface area contributed by atoms with E-state index in [1.807, 2.05) is 18.2 Å². The van der Waals surface area contributed by atoms with Gasteiger partial charge < -0.3 is 9.13 Å². The molecular formula is C43H27N3. The second-order valence-corrected chi connectivity index (χ2v) is 11.7. The summed E-state index contributed by atoms with van der Waals surface area (Å²) in [5.41, 5.74) is 11.8. The predicted molar refractivity (Wildman–Crippen MR) is 191 cm³/mol. The van der Waals surface area contributed by atoms with Crippen molar-refractivity contribution < 1.29 is 0 Å². The topological polar surface area (TPSA) is 33.6 Å². The summed E-state index contributed by atoms with van der Waals surface area (Å²) in [6.45, 7) is 0. The van der Waals surface area contributed by atoms with E-state index < -0.39 is 0 Å². The molecule has 0 aliphatic rings. The highest BCUT2D eigenvalue weighted by Gasteiger charge is 2.18. The Morgan fingerprint density at radius 1 is 0.370 bits per heavy atom. The highest BCUT2D eigenvalue weighted by molar-refractivity contribution is 6.10. The van der Waals surface area contributed by atoms with Crippen LogP contribution in [-0.4, -0.2) is 9.13 Å². The second-order valence-electron chi connectivity index (χ2n) is 11.7. The van der Waals surface area contributed by atoms with Crippen LogP contribution in [0.25, 0.3) is 77.2 Å². The lowest BCUT2D eigenvalue weighted by Gasteiger charge is -2.17. The number of hydrogen-bond donors (Lipinski definition) is 0. The van der Waals surface area contributed by atoms with Crippen LogP contribution in [0.4, 0.5) is 0 Å². The Hall–Kier alpha value is -6.37. The van der Waals surface area contributed by atoms with E-state index in [0.717, 1.165) is 33.6 Å². The molecule has 0 spiro atoms. The SMILES string of the molecule is N#Cc1cccc(-c2ccccc2-c2cc(-n3c4ccccc4c4ccccc43)cc(-n3c4ccccc4c4ccccc43)c2)c1. The molecule has 0 atom stereocenters. The molecule has 0 N–H and O–H groups in total. The zero-order chi connectivity index (χ0) is 30.6. The van der Waals surface area contributed by atoms with E-state index in [-0.39, 0.29) is 0 Å². The van der Waals surface area contributed by atoms with Crippen LogP contribution in [0.2, 0.25) is 0 Å². The summed E-state index contributed by atoms with van der Waals surface area (Å²) in [6, 6.07) is 60.3. The molecule has 3 nitrogen and oxygen atoms in total. The van der Waals surface area contributed by atoms with Crippen molar-refractivity contribution in [3.63, 3.8) is 0 Å². The molecule has 2 heterocycles. The molecule has 0 amide bonds. The van der Waals surface area contributed by atoms with Crippen molar-refractivity contribution in [1.82, 2.24) is 9.13 Å². The van der Waals surface area contributed by atoms with Gasteiger partial charge in [0.05, 0.1) is 33.7 Å². The van der Waals surface area contributed by atoms with Crippen molar-refractivity contribution in [2.45, 2.75) is 0 Å². The first-order chi connectivity index (χ1) is 22.8. The molecule has 9 rings (SSSR count). The first-order valence-corrected chi connectivity index (χ1v) is 15.5. The van der Waals surface area contributed by atoms with E-state index in [9.17, 15) is 5.26 Å². The van der Waals surface area contributed by atoms with Gasteiger partial charge in [-0.15, -0.1) is 0 Å². The summed E-state index contributed by atoms with van der Waals surface area (Å²) in [6.07, 6.45) is 0. The number of nitriles is 1. The van der Waals surface area contributed by atoms with Gasteiger partial charge in [-0.25, -0.2) is 0 Å². The monoisotopic (exact) mass is 585 g/mol. The maximum atomic E-state index is 9.67. The van der Waals surface area contributed by atoms with Gasteiger partial charge in [0.1, 0.15) is 0 Å². The normalized spacial score (nSPS) is 11.5. The molecule has 2 aromatic heterocycles. The number of fused-ring (bicyclic) bond motifs is 6. The zero-order valence-electron chi connectivity index (χ0n) is 24.9. The Labute approximate surface area is 266 Å². The maximum absolute atomic E-state index is 9.67. The van der Waals surface area contributed by atoms with E-state index in [1.165, 1.54) is 43.6 Å². The number of hydrogen-bond acceptors (Lipinski definition) is 1. The summed E-state index contributed by atoms with van der Waals surface area (Å²) in [5, 5.41) is 14.6. The minimum atomic E-state index is 0.650. The van der Waals surface area contributed by atoms with Crippen LogP contribution in [-0.2, 0) is 0 Å². The lowest BCUT2D eigenvalue weighted by molar-refractivity contribution is 1.13. The molecule has 7 aromatic carbocycles. The van der Waals surface area contributed by atoms with Crippen LogP contribution in [0, 0.1) is 11.3 Å². The van der Waals surface area contributed by atoms with Crippen LogP contribution in [0.3, 0.4) is 0 Å². The van der Waals surface area contributed by atoms with Crippen LogP contribution >= 0.6 is 0 Å². The van der Waals surface area contributed by atoms with Crippen molar-refractivity contribution in [3.8, 4) is 39.7 Å². The van der Waals surface area contributed by atoms with Gasteiger partial charge in [-0.3, -0.25) is 0 Å². The Balaban J connectivity index is 1.40. The van der Waals surface area contributed by atoms with Gasteiger partial charge in [-0.05, 0) is 76.9 Å². The summed E-state index contributed by atoms with van der Waals surface area (Å²) < 4.78 is 4.79. The number of nitrogens with zero attached hydrogens (tertiary/aromatic N) is 3. The predicted octanol–water partition coefficient (Wildman–Crippen LogP) is 11.1. The van der Waals surface area contributed by atoms with Crippen LogP contribution in [0.15, 0.2) is 164 Å². The second kappa shape index (κ2) is 10.4. The standard InChI is InChI=1S/C43H27N3/c44-28-29-12-11-13-30(24-29)34-14-1-2-15-35(34)31-25-32(45-40-20-7-3-16-36(40)37-17-4-8-21-41(37)45)27-33(26-31)46-42-22-9-5-18-38(42)39-19-6-10-23-43(39)46/h1-27H. The van der Waals surface area contributed by atoms with E-state index in [1.54, 1.807) is 0 Å². The first kappa shape index (κ1) is 26.1. The van der Waals surface area contributed by atoms with E-state index in [2.05, 4.69) is 161 Å². The van der Waals surface area contributed by atoms with Gasteiger partial charge in [0, 0.05) is 32.9 Å². The van der Waals surface area contributed by atoms with Crippen molar-refractivity contribution in [3.05, 3.63) is 169 Å². The van der Waals surface area contributed by atoms with Crippen molar-refractivity contribution in [2.24, 2.45) is 0 Å². The summed E-state index contributed by atoms with van der Waals surface area (Å²) >= 11 is 0. The quantitative estimate of drug-likeness (QED) is 0.202. The molecule has 0 aliphatic carbocycles. The third-order valence-electron chi connectivity index (χ3n) is 9.12. The highest BCUT2D eigenvalue weighted by Crippen LogP contribution is 2.39. The molecule has 0 unspecified atom stereocenters. The molecule has 0 bridgehead atoms. The van der Waals surface area contributed by atoms with E-state index in [0.29, 0.717) is 5.56 Å². The van der Waals surface area contributed by atoms with Crippen molar-refractivity contribution in [1.29, 1.82) is 5.26 Å². The molecule has 3 heteroatoms. The van der Waals surface area contributed by atoms with Gasteiger partial charge in [0.2, 0.25) is 0 Å². The van der Waals surface area contributed by atoms with Crippen molar-refractivity contribution >= 4 is 43.6 Å². The fourth-order valence-corrected chi connectivity index (χ4v) is 7.15. The molecule has 0 aliphatic heterocycles. The number of benzene rings is 7. The fraction of sp³-hybridized carbons (Fsp3) is 0. The molecular weight excluding hydrogens is 558 g/mol. The Bertz CT molecular complexity index is 2420. The Morgan fingerprint density at radius 2 is 0.783 bits per heavy atom. The smallest absolute Gasteiger partial charge is 0.0991 e. The minimum Gasteiger partial charge on any atom is -0.309 e. The average Bonchev–Trinajstić information content (AvgIpc) is 3.65. The summed E-state index contributed by atoms with van der Waals surface area (Å²) in [7, 11) is 0. The van der Waals surface area contributed by atoms with E-state index >= 15 is 0 Å². The van der Waals surface area contributed by atoms with Crippen LogP contribution < -0.4 is 0 Å². The van der Waals surface area contributed by atoms with Crippen LogP contribution in [0.5, 0.6) is 0 Å². The molecule has 0 radical (unpaired) electrons. The maximum Gasteiger partial charge on any atom is 0.0991 e. The summed E-state index contributed by atoms with van der Waals surface area (Å²) in [4.78, 5) is 0. The van der Waals surface area contributed by atoms with Gasteiger partial charge in [0.25, 0.3) is 0 Å². The number of rotatable bonds is 4. The lowest BCUT2D eigenvalue weighted by Crippen LogP contribution is -2.00. The average molecular weight is 586 g/mol. The molecule has 46 heavy (non-hydrogen) atoms. The molecule has 0 saturated heterocycles. The fourth-order valence-electron chi connectivity index (χ4n) is 7.15. The third kappa shape index (κ3) is 3.98. The zero-order valence-corrected chi connectivity index (χ0v) is 24.9. The molecule has 0 fully saturated rings. The van der Waals surface area contributed by atoms with Gasteiger partial charge in [-0.2, -0.15) is 5.26 Å². The summed E-state index contributed by atoms with van der Waals surface area (Å²) in [5.74, 6) is 0. The van der Waals surface area contributed by atoms with Gasteiger partial charge in [-0.1, -0.05) is 109 Å². The highest BCUT2D eigenvalue weighted by atomic mass is 15.0. The Kier molecular flexibility index (Phi) is 5.88. The molecule has 214 valence electrons. The minimum absolute atomic E-state index is 0.650. The first-order valence-electron chi connectivity index (χ1n) is 15.5.